The van der Waals surface area contributed by atoms with Crippen molar-refractivity contribution in [3.8, 4) is 11.3 Å². The maximum absolute atomic E-state index is 11.1. The van der Waals surface area contributed by atoms with Gasteiger partial charge in [0.1, 0.15) is 11.1 Å². The van der Waals surface area contributed by atoms with Crippen molar-refractivity contribution in [2.24, 2.45) is 0 Å². The summed E-state index contributed by atoms with van der Waals surface area (Å²) in [7, 11) is 1.67. The smallest absolute Gasteiger partial charge is 0.308 e. The maximum atomic E-state index is 11.1. The highest BCUT2D eigenvalue weighted by Gasteiger charge is 2.20. The quantitative estimate of drug-likeness (QED) is 0.842. The van der Waals surface area contributed by atoms with Crippen molar-refractivity contribution in [3.05, 3.63) is 40.2 Å². The molecule has 5 heteroatoms. The van der Waals surface area contributed by atoms with Crippen LogP contribution in [0.1, 0.15) is 35.8 Å². The van der Waals surface area contributed by atoms with Crippen LogP contribution in [0.15, 0.2) is 30.3 Å². The first-order valence-corrected chi connectivity index (χ1v) is 7.77. The third-order valence-corrected chi connectivity index (χ3v) is 4.33. The zero-order valence-corrected chi connectivity index (χ0v) is 13.0. The number of nitrogens with zero attached hydrogens (tertiary/aromatic N) is 1. The number of aromatic nitrogens is 1. The second kappa shape index (κ2) is 7.33. The monoisotopic (exact) mass is 305 g/mol. The van der Waals surface area contributed by atoms with Gasteiger partial charge in [0, 0.05) is 17.6 Å². The van der Waals surface area contributed by atoms with E-state index in [-0.39, 0.29) is 12.5 Å². The first-order valence-electron chi connectivity index (χ1n) is 6.95. The van der Waals surface area contributed by atoms with E-state index >= 15 is 0 Å². The van der Waals surface area contributed by atoms with Crippen molar-refractivity contribution < 1.29 is 14.6 Å². The van der Waals surface area contributed by atoms with Gasteiger partial charge in [-0.05, 0) is 6.42 Å². The molecule has 112 valence electrons. The first-order chi connectivity index (χ1) is 10.2. The van der Waals surface area contributed by atoms with E-state index in [2.05, 4.69) is 11.9 Å². The molecule has 0 saturated carbocycles. The lowest BCUT2D eigenvalue weighted by molar-refractivity contribution is -0.136. The van der Waals surface area contributed by atoms with Crippen LogP contribution in [0.5, 0.6) is 0 Å². The van der Waals surface area contributed by atoms with E-state index in [1.54, 1.807) is 7.11 Å². The molecule has 2 aromatic rings. The largest absolute Gasteiger partial charge is 0.481 e. The summed E-state index contributed by atoms with van der Waals surface area (Å²) in [6.07, 6.45) is 1.80. The number of hydrogen-bond acceptors (Lipinski definition) is 4. The summed E-state index contributed by atoms with van der Waals surface area (Å²) in [5.74, 6) is -0.841. The second-order valence-electron chi connectivity index (χ2n) is 4.77. The van der Waals surface area contributed by atoms with E-state index in [4.69, 9.17) is 9.84 Å². The number of aliphatic carboxylic acids is 1. The minimum Gasteiger partial charge on any atom is -0.481 e. The van der Waals surface area contributed by atoms with Crippen molar-refractivity contribution in [3.63, 3.8) is 0 Å². The zero-order chi connectivity index (χ0) is 15.2. The van der Waals surface area contributed by atoms with Crippen molar-refractivity contribution >= 4 is 17.3 Å². The van der Waals surface area contributed by atoms with Gasteiger partial charge in [-0.3, -0.25) is 4.79 Å². The Bertz CT molecular complexity index is 595. The highest BCUT2D eigenvalue weighted by atomic mass is 32.1. The fraction of sp³-hybridized carbons (Fsp3) is 0.375. The van der Waals surface area contributed by atoms with E-state index in [0.29, 0.717) is 0 Å². The van der Waals surface area contributed by atoms with E-state index in [1.807, 2.05) is 30.3 Å². The van der Waals surface area contributed by atoms with Gasteiger partial charge in [-0.1, -0.05) is 43.7 Å². The number of carboxylic acid groups (broad SMARTS) is 1. The van der Waals surface area contributed by atoms with Crippen LogP contribution >= 0.6 is 11.3 Å². The van der Waals surface area contributed by atoms with Gasteiger partial charge in [0.25, 0.3) is 0 Å². The summed E-state index contributed by atoms with van der Waals surface area (Å²) in [5, 5.41) is 9.95. The van der Waals surface area contributed by atoms with Crippen LogP contribution in [0.3, 0.4) is 0 Å². The van der Waals surface area contributed by atoms with E-state index in [1.165, 1.54) is 11.3 Å². The van der Waals surface area contributed by atoms with Gasteiger partial charge in [0.2, 0.25) is 0 Å². The highest BCUT2D eigenvalue weighted by Crippen LogP contribution is 2.34. The molecule has 0 aliphatic carbocycles. The minimum atomic E-state index is -0.841. The van der Waals surface area contributed by atoms with E-state index < -0.39 is 5.97 Å². The van der Waals surface area contributed by atoms with Gasteiger partial charge in [0.15, 0.2) is 0 Å². The van der Waals surface area contributed by atoms with Gasteiger partial charge in [-0.2, -0.15) is 0 Å². The van der Waals surface area contributed by atoms with E-state index in [0.717, 1.165) is 34.0 Å². The molecular formula is C16H19NO3S. The normalized spacial score (nSPS) is 12.3. The third-order valence-electron chi connectivity index (χ3n) is 3.18. The second-order valence-corrected chi connectivity index (χ2v) is 5.89. The summed E-state index contributed by atoms with van der Waals surface area (Å²) < 4.78 is 5.49. The van der Waals surface area contributed by atoms with Gasteiger partial charge in [-0.25, -0.2) is 4.98 Å². The lowest BCUT2D eigenvalue weighted by Crippen LogP contribution is -2.00. The fourth-order valence-corrected chi connectivity index (χ4v) is 3.38. The molecular weight excluding hydrogens is 286 g/mol. The molecule has 0 aliphatic heterocycles. The van der Waals surface area contributed by atoms with Crippen molar-refractivity contribution in [1.29, 1.82) is 0 Å². The van der Waals surface area contributed by atoms with Crippen LogP contribution in [-0.2, 0) is 16.0 Å². The SMILES string of the molecule is CCCC(OC)c1nc(-c2ccccc2)c(CC(=O)O)s1. The number of benzene rings is 1. The lowest BCUT2D eigenvalue weighted by atomic mass is 10.1. The van der Waals surface area contributed by atoms with Gasteiger partial charge < -0.3 is 9.84 Å². The number of carbonyl (C=O) groups is 1. The Labute approximate surface area is 128 Å². The number of rotatable bonds is 7. The summed E-state index contributed by atoms with van der Waals surface area (Å²) in [5.41, 5.74) is 1.71. The predicted molar refractivity (Wildman–Crippen MR) is 83.5 cm³/mol. The maximum Gasteiger partial charge on any atom is 0.308 e. The van der Waals surface area contributed by atoms with Crippen LogP contribution in [-0.4, -0.2) is 23.2 Å². The summed E-state index contributed by atoms with van der Waals surface area (Å²) in [4.78, 5) is 16.5. The number of methoxy groups -OCH3 is 1. The standard InChI is InChI=1S/C16H19NO3S/c1-3-7-12(20-2)16-17-15(11-8-5-4-6-9-11)13(21-16)10-14(18)19/h4-6,8-9,12H,3,7,10H2,1-2H3,(H,18,19). The van der Waals surface area contributed by atoms with Crippen molar-refractivity contribution in [2.75, 3.05) is 7.11 Å². The lowest BCUT2D eigenvalue weighted by Gasteiger charge is -2.10. The minimum absolute atomic E-state index is 0.00947. The van der Waals surface area contributed by atoms with Crippen molar-refractivity contribution in [2.45, 2.75) is 32.3 Å². The molecule has 1 N–H and O–H groups in total. The molecule has 0 fully saturated rings. The third kappa shape index (κ3) is 3.89. The molecule has 21 heavy (non-hydrogen) atoms. The fourth-order valence-electron chi connectivity index (χ4n) is 2.19. The van der Waals surface area contributed by atoms with Gasteiger partial charge in [0.05, 0.1) is 12.1 Å². The average molecular weight is 305 g/mol. The Morgan fingerprint density at radius 1 is 1.38 bits per heavy atom. The molecule has 0 saturated heterocycles. The number of thiazole rings is 1. The molecule has 0 bridgehead atoms. The molecule has 1 unspecified atom stereocenters. The molecule has 2 rings (SSSR count). The van der Waals surface area contributed by atoms with Crippen molar-refractivity contribution in [1.82, 2.24) is 4.98 Å². The average Bonchev–Trinajstić information content (AvgIpc) is 2.88. The Morgan fingerprint density at radius 3 is 2.67 bits per heavy atom. The Hall–Kier alpha value is -1.72. The highest BCUT2D eigenvalue weighted by molar-refractivity contribution is 7.12. The molecule has 0 spiro atoms. The van der Waals surface area contributed by atoms with Crippen LogP contribution < -0.4 is 0 Å². The Balaban J connectivity index is 2.42. The number of carboxylic acids is 1. The predicted octanol–water partition coefficient (Wildman–Crippen LogP) is 3.92. The van der Waals surface area contributed by atoms with Crippen LogP contribution in [0.2, 0.25) is 0 Å². The Morgan fingerprint density at radius 2 is 2.10 bits per heavy atom. The number of ether oxygens (including phenoxy) is 1. The zero-order valence-electron chi connectivity index (χ0n) is 12.2. The van der Waals surface area contributed by atoms with Crippen LogP contribution in [0.4, 0.5) is 0 Å². The molecule has 1 aromatic heterocycles. The molecule has 4 nitrogen and oxygen atoms in total. The molecule has 1 aromatic carbocycles. The van der Waals surface area contributed by atoms with Crippen LogP contribution in [0.25, 0.3) is 11.3 Å². The molecule has 0 amide bonds. The number of hydrogen-bond donors (Lipinski definition) is 1. The van der Waals surface area contributed by atoms with E-state index in [9.17, 15) is 4.79 Å². The molecule has 0 radical (unpaired) electrons. The first kappa shape index (κ1) is 15.7. The Kier molecular flexibility index (Phi) is 5.47. The summed E-state index contributed by atoms with van der Waals surface area (Å²) in [6.45, 7) is 2.09. The summed E-state index contributed by atoms with van der Waals surface area (Å²) in [6, 6.07) is 9.69. The van der Waals surface area contributed by atoms with Gasteiger partial charge in [-0.15, -0.1) is 11.3 Å². The topological polar surface area (TPSA) is 59.4 Å². The summed E-state index contributed by atoms with van der Waals surface area (Å²) >= 11 is 1.44. The van der Waals surface area contributed by atoms with Crippen LogP contribution in [0, 0.1) is 0 Å². The molecule has 0 aliphatic rings. The van der Waals surface area contributed by atoms with Gasteiger partial charge >= 0.3 is 5.97 Å². The molecule has 1 heterocycles. The molecule has 1 atom stereocenters.